The second-order valence-electron chi connectivity index (χ2n) is 21.4. The van der Waals surface area contributed by atoms with E-state index in [4.69, 9.17) is 47.5 Å². The van der Waals surface area contributed by atoms with Gasteiger partial charge in [-0.05, 0) is 80.3 Å². The normalized spacial score (nSPS) is 12.7. The minimum atomic E-state index is -3.84. The molecule has 0 aromatic heterocycles. The quantitative estimate of drug-likeness (QED) is 0.0238. The van der Waals surface area contributed by atoms with Crippen LogP contribution in [-0.4, -0.2) is 88.8 Å². The molecule has 0 aliphatic carbocycles. The van der Waals surface area contributed by atoms with E-state index >= 15 is 0 Å². The molecular formula is C69H97N3O15S3. The molecule has 0 fully saturated rings. The molecule has 6 rings (SSSR count). The van der Waals surface area contributed by atoms with Gasteiger partial charge in [0.15, 0.2) is 0 Å². The summed E-state index contributed by atoms with van der Waals surface area (Å²) in [5, 5.41) is 0. The number of benzene rings is 6. The fourth-order valence-electron chi connectivity index (χ4n) is 8.61. The minimum Gasteiger partial charge on any atom is -0.493 e. The summed E-state index contributed by atoms with van der Waals surface area (Å²) in [6.45, 7) is 12.0. The number of unbranched alkanes of at least 4 members (excludes halogenated alkanes) is 9. The molecule has 0 radical (unpaired) electrons. The van der Waals surface area contributed by atoms with Gasteiger partial charge >= 0.3 is 0 Å². The molecular weight excluding hydrogens is 1210 g/mol. The van der Waals surface area contributed by atoms with E-state index in [1.807, 2.05) is 129 Å². The summed E-state index contributed by atoms with van der Waals surface area (Å²) in [6.07, 6.45) is 20.2. The zero-order valence-electron chi connectivity index (χ0n) is 53.9. The maximum atomic E-state index is 11.7. The summed E-state index contributed by atoms with van der Waals surface area (Å²) in [5.41, 5.74) is 3.24. The largest absolute Gasteiger partial charge is 0.493 e. The van der Waals surface area contributed by atoms with E-state index < -0.39 is 48.1 Å². The molecule has 0 bridgehead atoms. The number of ether oxygens (including phenoxy) is 6. The molecule has 496 valence electrons. The molecule has 0 saturated carbocycles. The van der Waals surface area contributed by atoms with Crippen molar-refractivity contribution in [1.29, 1.82) is 0 Å². The molecule has 0 aliphatic heterocycles. The van der Waals surface area contributed by atoms with Crippen LogP contribution >= 0.6 is 0 Å². The van der Waals surface area contributed by atoms with Crippen LogP contribution in [0.3, 0.4) is 0 Å². The van der Waals surface area contributed by atoms with Crippen LogP contribution in [0.15, 0.2) is 182 Å². The SMILES string of the molecule is CC(C)c1ccccc1.CC=Cc1ccccc1OCC(COc1ccccc1)CS(=O)(=O)ON.CC=Cc1ccccc1OCC(COc1ccccc1)CS(=O)(=O)ON.[2H]c1ccccc1OCC(COCCCCCCCCCCCC)CS(=O)(=O)ON. The van der Waals surface area contributed by atoms with Crippen molar-refractivity contribution in [3.8, 4) is 28.7 Å². The van der Waals surface area contributed by atoms with Crippen LogP contribution in [0.5, 0.6) is 28.7 Å². The lowest BCUT2D eigenvalue weighted by Gasteiger charge is -2.18. The lowest BCUT2D eigenvalue weighted by Crippen LogP contribution is -2.29. The van der Waals surface area contributed by atoms with Crippen molar-refractivity contribution in [2.75, 3.05) is 63.5 Å². The van der Waals surface area contributed by atoms with Crippen LogP contribution in [0, 0.1) is 17.8 Å². The standard InChI is InChI=1S/C22H39NO5S.2C19H23NO5S.C9H12/c1-2-3-4-5-6-7-8-9-10-14-17-26-18-21(20-29(24,25)28-23)19-27-22-15-12-11-13-16-22;2*1-2-8-17-9-6-7-12-19(17)24-14-16(15-26(21,22)25-20)13-23-18-10-4-3-5-11-18;1-8(2)9-6-4-3-5-7-9/h11-13,15-16,21H,2-10,14,17-20,23H2,1H3;2*2-12,16H,13-15,20H2,1H3;3-8H,1-2H3/i15D;;;. The summed E-state index contributed by atoms with van der Waals surface area (Å²) in [7, 11) is -11.5. The predicted molar refractivity (Wildman–Crippen MR) is 360 cm³/mol. The van der Waals surface area contributed by atoms with E-state index in [0.29, 0.717) is 41.3 Å². The van der Waals surface area contributed by atoms with E-state index in [1.165, 1.54) is 56.9 Å². The lowest BCUT2D eigenvalue weighted by atomic mass is 10.0. The van der Waals surface area contributed by atoms with Gasteiger partial charge in [0.1, 0.15) is 28.7 Å². The maximum absolute atomic E-state index is 11.7. The average molecular weight is 1310 g/mol. The Hall–Kier alpha value is -6.63. The highest BCUT2D eigenvalue weighted by molar-refractivity contribution is 7.87. The number of hydrogen-bond acceptors (Lipinski definition) is 18. The molecule has 0 amide bonds. The Balaban J connectivity index is 0.000000333. The second-order valence-corrected chi connectivity index (χ2v) is 26.3. The van der Waals surface area contributed by atoms with Gasteiger partial charge in [-0.3, -0.25) is 0 Å². The van der Waals surface area contributed by atoms with Gasteiger partial charge in [-0.1, -0.05) is 224 Å². The molecule has 21 heteroatoms. The van der Waals surface area contributed by atoms with Crippen LogP contribution in [-0.2, 0) is 47.9 Å². The van der Waals surface area contributed by atoms with Gasteiger partial charge in [0, 0.05) is 35.5 Å². The Morgan fingerprint density at radius 3 is 1.12 bits per heavy atom. The Morgan fingerprint density at radius 1 is 0.411 bits per heavy atom. The molecule has 3 atom stereocenters. The van der Waals surface area contributed by atoms with Crippen LogP contribution in [0.25, 0.3) is 12.2 Å². The fourth-order valence-corrected chi connectivity index (χ4v) is 11.2. The summed E-state index contributed by atoms with van der Waals surface area (Å²) in [6, 6.07) is 50.9. The van der Waals surface area contributed by atoms with E-state index in [0.717, 1.165) is 24.0 Å². The summed E-state index contributed by atoms with van der Waals surface area (Å²) < 4.78 is 125. The number of nitrogens with two attached hydrogens (primary N) is 3. The third-order valence-corrected chi connectivity index (χ3v) is 16.8. The zero-order valence-corrected chi connectivity index (χ0v) is 55.4. The smallest absolute Gasteiger partial charge is 0.283 e. The van der Waals surface area contributed by atoms with Crippen molar-refractivity contribution in [2.45, 2.75) is 105 Å². The molecule has 6 aromatic rings. The first-order valence-corrected chi connectivity index (χ1v) is 35.3. The van der Waals surface area contributed by atoms with Crippen molar-refractivity contribution >= 4 is 42.5 Å². The summed E-state index contributed by atoms with van der Waals surface area (Å²) in [5.74, 6) is 16.0. The topological polar surface area (TPSA) is 264 Å². The van der Waals surface area contributed by atoms with Gasteiger partial charge in [0.25, 0.3) is 30.4 Å². The molecule has 90 heavy (non-hydrogen) atoms. The molecule has 6 aromatic carbocycles. The number of rotatable bonds is 40. The first kappa shape index (κ1) is 75.8. The van der Waals surface area contributed by atoms with Crippen LogP contribution < -0.4 is 41.4 Å². The summed E-state index contributed by atoms with van der Waals surface area (Å²) >= 11 is 0. The molecule has 0 saturated heterocycles. The Labute approximate surface area is 538 Å². The Morgan fingerprint density at radius 2 is 0.744 bits per heavy atom. The van der Waals surface area contributed by atoms with Crippen molar-refractivity contribution in [3.63, 3.8) is 0 Å². The highest BCUT2D eigenvalue weighted by atomic mass is 32.2. The molecule has 0 heterocycles. The molecule has 3 unspecified atom stereocenters. The first-order chi connectivity index (χ1) is 43.9. The van der Waals surface area contributed by atoms with Gasteiger partial charge in [-0.15, -0.1) is 0 Å². The van der Waals surface area contributed by atoms with E-state index in [1.54, 1.807) is 48.5 Å². The Bertz CT molecular complexity index is 3120. The highest BCUT2D eigenvalue weighted by Crippen LogP contribution is 2.24. The molecule has 18 nitrogen and oxygen atoms in total. The highest BCUT2D eigenvalue weighted by Gasteiger charge is 2.24. The number of para-hydroxylation sites is 5. The summed E-state index contributed by atoms with van der Waals surface area (Å²) in [4.78, 5) is 0. The molecule has 0 aliphatic rings. The van der Waals surface area contributed by atoms with Crippen molar-refractivity contribution in [1.82, 2.24) is 0 Å². The van der Waals surface area contributed by atoms with E-state index in [-0.39, 0.29) is 62.9 Å². The van der Waals surface area contributed by atoms with Crippen molar-refractivity contribution in [2.24, 2.45) is 35.4 Å². The third kappa shape index (κ3) is 36.3. The predicted octanol–water partition coefficient (Wildman–Crippen LogP) is 13.7. The van der Waals surface area contributed by atoms with Gasteiger partial charge in [0.2, 0.25) is 0 Å². The monoisotopic (exact) mass is 1300 g/mol. The van der Waals surface area contributed by atoms with Gasteiger partial charge < -0.3 is 28.4 Å². The van der Waals surface area contributed by atoms with E-state index in [9.17, 15) is 25.3 Å². The zero-order chi connectivity index (χ0) is 66.4. The van der Waals surface area contributed by atoms with Crippen LogP contribution in [0.1, 0.15) is 123 Å². The van der Waals surface area contributed by atoms with Gasteiger partial charge in [0.05, 0.1) is 58.3 Å². The maximum Gasteiger partial charge on any atom is 0.283 e. The third-order valence-electron chi connectivity index (χ3n) is 13.3. The minimum absolute atomic E-state index is 0.108. The van der Waals surface area contributed by atoms with Gasteiger partial charge in [-0.25, -0.2) is 0 Å². The van der Waals surface area contributed by atoms with Crippen molar-refractivity contribution < 1.29 is 67.9 Å². The second kappa shape index (κ2) is 46.4. The number of hydrogen-bond donors (Lipinski definition) is 3. The Kier molecular flexibility index (Phi) is 39.1. The number of allylic oxidation sites excluding steroid dienone is 2. The van der Waals surface area contributed by atoms with Crippen molar-refractivity contribution in [3.05, 3.63) is 199 Å². The lowest BCUT2D eigenvalue weighted by molar-refractivity contribution is 0.0822. The average Bonchev–Trinajstić information content (AvgIpc) is 3.12. The first-order valence-electron chi connectivity index (χ1n) is 31.1. The van der Waals surface area contributed by atoms with Crippen LogP contribution in [0.4, 0.5) is 0 Å². The molecule has 6 N–H and O–H groups in total. The van der Waals surface area contributed by atoms with Crippen LogP contribution in [0.2, 0.25) is 0 Å². The van der Waals surface area contributed by atoms with Gasteiger partial charge in [-0.2, -0.15) is 55.8 Å². The molecule has 0 spiro atoms. The fraction of sp³-hybridized carbons (Fsp3) is 0.420. The van der Waals surface area contributed by atoms with E-state index in [2.05, 4.69) is 57.9 Å².